The van der Waals surface area contributed by atoms with Crippen molar-refractivity contribution in [3.63, 3.8) is 0 Å². The molecule has 0 radical (unpaired) electrons. The first kappa shape index (κ1) is 19.8. The molecule has 2 aliphatic carbocycles. The largest absolute Gasteiger partial charge is 0.366 e. The number of piperazine rings is 1. The van der Waals surface area contributed by atoms with Crippen LogP contribution in [0.4, 0.5) is 5.69 Å². The number of carbonyl (C=O) groups excluding carboxylic acids is 1. The number of anilines is 1. The minimum absolute atomic E-state index is 0.202. The molecule has 3 aliphatic rings. The zero-order valence-electron chi connectivity index (χ0n) is 17.9. The first-order valence-electron chi connectivity index (χ1n) is 11.3. The quantitative estimate of drug-likeness (QED) is 0.774. The summed E-state index contributed by atoms with van der Waals surface area (Å²) in [7, 11) is 0. The molecule has 28 heavy (non-hydrogen) atoms. The molecule has 5 heteroatoms. The lowest BCUT2D eigenvalue weighted by atomic mass is 9.56. The van der Waals surface area contributed by atoms with Gasteiger partial charge in [0.2, 0.25) is 0 Å². The second kappa shape index (κ2) is 8.10. The molecule has 0 N–H and O–H groups in total. The first-order valence-corrected chi connectivity index (χ1v) is 11.3. The fourth-order valence-corrected chi connectivity index (χ4v) is 5.63. The average Bonchev–Trinajstić information content (AvgIpc) is 2.72. The summed E-state index contributed by atoms with van der Waals surface area (Å²) < 4.78 is 0. The highest BCUT2D eigenvalue weighted by molar-refractivity contribution is 5.82. The molecule has 2 saturated carbocycles. The van der Waals surface area contributed by atoms with Crippen LogP contribution in [0.25, 0.3) is 0 Å². The van der Waals surface area contributed by atoms with E-state index in [0.717, 1.165) is 63.0 Å². The summed E-state index contributed by atoms with van der Waals surface area (Å²) in [5.41, 5.74) is 1.72. The predicted molar refractivity (Wildman–Crippen MR) is 112 cm³/mol. The van der Waals surface area contributed by atoms with Gasteiger partial charge >= 0.3 is 0 Å². The third-order valence-electron chi connectivity index (χ3n) is 7.56. The molecule has 1 spiro atoms. The lowest BCUT2D eigenvalue weighted by Gasteiger charge is -2.56. The Labute approximate surface area is 169 Å². The Balaban J connectivity index is 1.22. The molecule has 1 aliphatic heterocycles. The number of aryl methyl sites for hydroxylation is 1. The molecular formula is C23H36N4O. The Hall–Kier alpha value is -1.49. The Kier molecular flexibility index (Phi) is 5.73. The van der Waals surface area contributed by atoms with Crippen molar-refractivity contribution in [2.24, 2.45) is 17.3 Å². The van der Waals surface area contributed by atoms with Gasteiger partial charge in [0.15, 0.2) is 0 Å². The van der Waals surface area contributed by atoms with Crippen LogP contribution in [0.2, 0.25) is 0 Å². The van der Waals surface area contributed by atoms with Crippen molar-refractivity contribution in [2.45, 2.75) is 71.8 Å². The minimum atomic E-state index is 0.202. The summed E-state index contributed by atoms with van der Waals surface area (Å²) in [5.74, 6) is 1.97. The fraction of sp³-hybridized carbons (Fsp3) is 0.783. The van der Waals surface area contributed by atoms with Gasteiger partial charge in [-0.2, -0.15) is 0 Å². The second-order valence-electron chi connectivity index (χ2n) is 9.63. The molecule has 1 aromatic heterocycles. The van der Waals surface area contributed by atoms with E-state index < -0.39 is 0 Å². The van der Waals surface area contributed by atoms with Crippen molar-refractivity contribution in [1.82, 2.24) is 14.9 Å². The van der Waals surface area contributed by atoms with Crippen LogP contribution in [0.5, 0.6) is 0 Å². The van der Waals surface area contributed by atoms with Crippen molar-refractivity contribution in [1.29, 1.82) is 0 Å². The van der Waals surface area contributed by atoms with E-state index in [9.17, 15) is 4.79 Å². The van der Waals surface area contributed by atoms with Crippen LogP contribution in [0.1, 0.15) is 65.1 Å². The SMILES string of the molecule is CCc1ncc(N2CCN(C3CC4(CCC(C(=O)C(C)C)CC4)C3)CC2)cn1. The number of rotatable bonds is 5. The summed E-state index contributed by atoms with van der Waals surface area (Å²) in [5, 5.41) is 0. The summed E-state index contributed by atoms with van der Waals surface area (Å²) in [6, 6.07) is 0.762. The van der Waals surface area contributed by atoms with Crippen LogP contribution in [-0.4, -0.2) is 52.9 Å². The predicted octanol–water partition coefficient (Wildman–Crippen LogP) is 3.73. The van der Waals surface area contributed by atoms with Gasteiger partial charge in [0.05, 0.1) is 18.1 Å². The van der Waals surface area contributed by atoms with Gasteiger partial charge in [0, 0.05) is 50.5 Å². The van der Waals surface area contributed by atoms with Crippen molar-refractivity contribution < 1.29 is 4.79 Å². The van der Waals surface area contributed by atoms with Crippen LogP contribution in [-0.2, 0) is 11.2 Å². The lowest BCUT2D eigenvalue weighted by Crippen LogP contribution is -2.57. The topological polar surface area (TPSA) is 49.3 Å². The fourth-order valence-electron chi connectivity index (χ4n) is 5.63. The summed E-state index contributed by atoms with van der Waals surface area (Å²) in [4.78, 5) is 26.3. The molecule has 154 valence electrons. The molecular weight excluding hydrogens is 348 g/mol. The molecule has 2 heterocycles. The maximum Gasteiger partial charge on any atom is 0.138 e. The van der Waals surface area contributed by atoms with Crippen LogP contribution in [0.3, 0.4) is 0 Å². The molecule has 0 bridgehead atoms. The number of aromatic nitrogens is 2. The Morgan fingerprint density at radius 1 is 1.11 bits per heavy atom. The van der Waals surface area contributed by atoms with Gasteiger partial charge in [0.25, 0.3) is 0 Å². The monoisotopic (exact) mass is 384 g/mol. The lowest BCUT2D eigenvalue weighted by molar-refractivity contribution is -0.129. The van der Waals surface area contributed by atoms with Crippen LogP contribution in [0.15, 0.2) is 12.4 Å². The number of hydrogen-bond acceptors (Lipinski definition) is 5. The third kappa shape index (κ3) is 3.96. The maximum atomic E-state index is 12.3. The van der Waals surface area contributed by atoms with Crippen LogP contribution < -0.4 is 4.90 Å². The highest BCUT2D eigenvalue weighted by Gasteiger charge is 2.48. The third-order valence-corrected chi connectivity index (χ3v) is 7.56. The first-order chi connectivity index (χ1) is 13.5. The molecule has 4 rings (SSSR count). The van der Waals surface area contributed by atoms with Gasteiger partial charge < -0.3 is 4.90 Å². The Bertz CT molecular complexity index is 662. The zero-order valence-corrected chi connectivity index (χ0v) is 17.9. The summed E-state index contributed by atoms with van der Waals surface area (Å²) >= 11 is 0. The molecule has 0 unspecified atom stereocenters. The van der Waals surface area contributed by atoms with E-state index >= 15 is 0 Å². The van der Waals surface area contributed by atoms with Gasteiger partial charge in [-0.3, -0.25) is 9.69 Å². The van der Waals surface area contributed by atoms with Gasteiger partial charge in [-0.05, 0) is 43.9 Å². The van der Waals surface area contributed by atoms with E-state index in [1.165, 1.54) is 25.7 Å². The van der Waals surface area contributed by atoms with Crippen molar-refractivity contribution in [2.75, 3.05) is 31.1 Å². The number of carbonyl (C=O) groups is 1. The van der Waals surface area contributed by atoms with E-state index in [1.54, 1.807) is 0 Å². The Morgan fingerprint density at radius 2 is 1.71 bits per heavy atom. The van der Waals surface area contributed by atoms with E-state index in [0.29, 0.717) is 17.1 Å². The molecule has 5 nitrogen and oxygen atoms in total. The number of ketones is 1. The molecule has 1 aromatic rings. The van der Waals surface area contributed by atoms with E-state index in [2.05, 4.69) is 40.5 Å². The van der Waals surface area contributed by atoms with Crippen LogP contribution >= 0.6 is 0 Å². The highest BCUT2D eigenvalue weighted by Crippen LogP contribution is 2.54. The molecule has 1 saturated heterocycles. The average molecular weight is 385 g/mol. The standard InChI is InChI=1S/C23H36N4O/c1-4-21-24-15-20(16-25-21)27-11-9-26(10-12-27)19-13-23(14-19)7-5-18(6-8-23)22(28)17(2)3/h15-19H,4-14H2,1-3H3. The maximum absolute atomic E-state index is 12.3. The van der Waals surface area contributed by atoms with E-state index in [-0.39, 0.29) is 5.92 Å². The molecule has 3 fully saturated rings. The molecule has 0 aromatic carbocycles. The highest BCUT2D eigenvalue weighted by atomic mass is 16.1. The van der Waals surface area contributed by atoms with Gasteiger partial charge in [-0.25, -0.2) is 9.97 Å². The smallest absolute Gasteiger partial charge is 0.138 e. The summed E-state index contributed by atoms with van der Waals surface area (Å²) in [6.07, 6.45) is 12.4. The normalized spacial score (nSPS) is 31.2. The number of nitrogens with zero attached hydrogens (tertiary/aromatic N) is 4. The van der Waals surface area contributed by atoms with Gasteiger partial charge in [-0.15, -0.1) is 0 Å². The summed E-state index contributed by atoms with van der Waals surface area (Å²) in [6.45, 7) is 10.6. The number of hydrogen-bond donors (Lipinski definition) is 0. The second-order valence-corrected chi connectivity index (χ2v) is 9.63. The van der Waals surface area contributed by atoms with Crippen LogP contribution in [0, 0.1) is 17.3 Å². The van der Waals surface area contributed by atoms with Gasteiger partial charge in [0.1, 0.15) is 11.6 Å². The van der Waals surface area contributed by atoms with Crippen molar-refractivity contribution in [3.05, 3.63) is 18.2 Å². The van der Waals surface area contributed by atoms with Gasteiger partial charge in [-0.1, -0.05) is 20.8 Å². The minimum Gasteiger partial charge on any atom is -0.366 e. The van der Waals surface area contributed by atoms with E-state index in [1.807, 2.05) is 12.4 Å². The number of Topliss-reactive ketones (excluding diaryl/α,β-unsaturated/α-hetero) is 1. The van der Waals surface area contributed by atoms with Crippen molar-refractivity contribution >= 4 is 11.5 Å². The molecule has 0 atom stereocenters. The zero-order chi connectivity index (χ0) is 19.7. The Morgan fingerprint density at radius 3 is 2.25 bits per heavy atom. The van der Waals surface area contributed by atoms with E-state index in [4.69, 9.17) is 0 Å². The van der Waals surface area contributed by atoms with Crippen molar-refractivity contribution in [3.8, 4) is 0 Å². The molecule has 0 amide bonds.